The highest BCUT2D eigenvalue weighted by Crippen LogP contribution is 2.30. The molecule has 0 radical (unpaired) electrons. The molecule has 0 atom stereocenters. The van der Waals surface area contributed by atoms with Crippen LogP contribution in [0.4, 0.5) is 0 Å². The predicted molar refractivity (Wildman–Crippen MR) is 139 cm³/mol. The third-order valence-electron chi connectivity index (χ3n) is 6.26. The Balaban J connectivity index is 1.74. The molecule has 0 unspecified atom stereocenters. The van der Waals surface area contributed by atoms with Gasteiger partial charge in [0.2, 0.25) is 18.0 Å². The summed E-state index contributed by atoms with van der Waals surface area (Å²) in [5.74, 6) is 0.262. The molecule has 2 heterocycles. The minimum absolute atomic E-state index is 0.258. The highest BCUT2D eigenvalue weighted by atomic mass is 16.7. The van der Waals surface area contributed by atoms with E-state index >= 15 is 0 Å². The fraction of sp³-hybridized carbons (Fsp3) is 0.370. The number of nitrogens with one attached hydrogen (secondary N) is 1. The molecule has 0 amide bonds. The Labute approximate surface area is 215 Å². The van der Waals surface area contributed by atoms with E-state index in [1.807, 2.05) is 62.4 Å². The van der Waals surface area contributed by atoms with Crippen LogP contribution in [0, 0.1) is 0 Å². The first-order valence-electron chi connectivity index (χ1n) is 12.4. The van der Waals surface area contributed by atoms with Gasteiger partial charge < -0.3 is 9.47 Å². The maximum atomic E-state index is 13.6. The van der Waals surface area contributed by atoms with E-state index in [1.165, 1.54) is 18.8 Å². The van der Waals surface area contributed by atoms with E-state index in [9.17, 15) is 9.59 Å². The van der Waals surface area contributed by atoms with Crippen LogP contribution in [-0.4, -0.2) is 49.9 Å². The summed E-state index contributed by atoms with van der Waals surface area (Å²) in [6, 6.07) is 15.8. The van der Waals surface area contributed by atoms with E-state index in [4.69, 9.17) is 9.47 Å². The molecular formula is C27H32N6O4. The van der Waals surface area contributed by atoms with Gasteiger partial charge in [-0.25, -0.2) is 9.36 Å². The molecule has 0 saturated heterocycles. The van der Waals surface area contributed by atoms with Gasteiger partial charge >= 0.3 is 5.69 Å². The van der Waals surface area contributed by atoms with Crippen molar-refractivity contribution in [1.29, 1.82) is 0 Å². The molecule has 1 N–H and O–H groups in total. The van der Waals surface area contributed by atoms with E-state index in [-0.39, 0.29) is 18.0 Å². The van der Waals surface area contributed by atoms with Crippen molar-refractivity contribution in [3.05, 3.63) is 76.0 Å². The number of methoxy groups -OCH3 is 2. The quantitative estimate of drug-likeness (QED) is 0.304. The average molecular weight is 505 g/mol. The first-order valence-corrected chi connectivity index (χ1v) is 12.4. The lowest BCUT2D eigenvalue weighted by Gasteiger charge is -2.17. The first kappa shape index (κ1) is 26.2. The number of hydrogen-bond acceptors (Lipinski definition) is 7. The molecule has 194 valence electrons. The van der Waals surface area contributed by atoms with E-state index in [0.717, 1.165) is 34.4 Å². The van der Waals surface area contributed by atoms with Crippen LogP contribution < -0.4 is 5.69 Å². The zero-order valence-electron chi connectivity index (χ0n) is 21.6. The lowest BCUT2D eigenvalue weighted by atomic mass is 9.98. The van der Waals surface area contributed by atoms with Crippen molar-refractivity contribution in [2.75, 3.05) is 14.2 Å². The summed E-state index contributed by atoms with van der Waals surface area (Å²) in [4.78, 5) is 26.6. The number of imidazole rings is 1. The lowest BCUT2D eigenvalue weighted by Crippen LogP contribution is -2.31. The zero-order chi connectivity index (χ0) is 26.4. The number of carbonyl (C=O) groups excluding carboxylic acids is 1. The van der Waals surface area contributed by atoms with Crippen LogP contribution in [0.5, 0.6) is 0 Å². The number of nitrogens with zero attached hydrogens (tertiary/aromatic N) is 5. The monoisotopic (exact) mass is 504 g/mol. The zero-order valence-corrected chi connectivity index (χ0v) is 21.6. The van der Waals surface area contributed by atoms with E-state index in [1.54, 1.807) is 4.57 Å². The van der Waals surface area contributed by atoms with E-state index in [2.05, 4.69) is 20.6 Å². The minimum Gasteiger partial charge on any atom is -0.350 e. The van der Waals surface area contributed by atoms with Crippen molar-refractivity contribution in [3.8, 4) is 22.5 Å². The second-order valence-corrected chi connectivity index (χ2v) is 8.71. The topological polar surface area (TPSA) is 117 Å². The van der Waals surface area contributed by atoms with Gasteiger partial charge in [0.15, 0.2) is 0 Å². The molecular weight excluding hydrogens is 472 g/mol. The van der Waals surface area contributed by atoms with Crippen LogP contribution in [0.15, 0.2) is 53.3 Å². The van der Waals surface area contributed by atoms with Crippen molar-refractivity contribution in [1.82, 2.24) is 29.8 Å². The number of carbonyl (C=O) groups is 1. The fourth-order valence-electron chi connectivity index (χ4n) is 4.58. The summed E-state index contributed by atoms with van der Waals surface area (Å²) in [7, 11) is 3.01. The number of rotatable bonds is 11. The van der Waals surface area contributed by atoms with E-state index in [0.29, 0.717) is 30.9 Å². The number of ether oxygens (including phenoxy) is 2. The third kappa shape index (κ3) is 5.30. The molecule has 0 bridgehead atoms. The highest BCUT2D eigenvalue weighted by molar-refractivity contribution is 5.80. The van der Waals surface area contributed by atoms with Gasteiger partial charge in [0, 0.05) is 31.9 Å². The van der Waals surface area contributed by atoms with Crippen molar-refractivity contribution in [2.45, 2.75) is 52.4 Å². The molecule has 4 rings (SSSR count). The van der Waals surface area contributed by atoms with Crippen LogP contribution in [-0.2, 0) is 22.4 Å². The van der Waals surface area contributed by atoms with Crippen molar-refractivity contribution in [2.24, 2.45) is 0 Å². The second-order valence-electron chi connectivity index (χ2n) is 8.71. The van der Waals surface area contributed by atoms with Gasteiger partial charge in [-0.2, -0.15) is 5.21 Å². The SMILES string of the molecule is CCCC(=O)n1c(C(OC)OC)c(CCC)n(Cc2ccc(-c3ccccc3-c3nn[nH]n3)cc2)c1=O. The van der Waals surface area contributed by atoms with Gasteiger partial charge in [-0.15, -0.1) is 10.2 Å². The number of tetrazole rings is 1. The fourth-order valence-corrected chi connectivity index (χ4v) is 4.58. The summed E-state index contributed by atoms with van der Waals surface area (Å²) < 4.78 is 13.9. The van der Waals surface area contributed by atoms with Crippen LogP contribution in [0.3, 0.4) is 0 Å². The van der Waals surface area contributed by atoms with Crippen LogP contribution in [0.25, 0.3) is 22.5 Å². The molecule has 37 heavy (non-hydrogen) atoms. The van der Waals surface area contributed by atoms with Gasteiger partial charge in [0.25, 0.3) is 0 Å². The molecule has 10 nitrogen and oxygen atoms in total. The van der Waals surface area contributed by atoms with E-state index < -0.39 is 6.29 Å². The smallest absolute Gasteiger partial charge is 0.335 e. The number of H-pyrrole nitrogens is 1. The number of aromatic amines is 1. The summed E-state index contributed by atoms with van der Waals surface area (Å²) in [5.41, 5.74) is 4.60. The Morgan fingerprint density at radius 3 is 2.30 bits per heavy atom. The number of aromatic nitrogens is 6. The predicted octanol–water partition coefficient (Wildman–Crippen LogP) is 4.23. The minimum atomic E-state index is -0.819. The molecule has 0 aliphatic rings. The van der Waals surface area contributed by atoms with Crippen molar-refractivity contribution >= 4 is 5.91 Å². The Morgan fingerprint density at radius 1 is 1.00 bits per heavy atom. The Kier molecular flexibility index (Phi) is 8.42. The maximum absolute atomic E-state index is 13.6. The van der Waals surface area contributed by atoms with Crippen molar-refractivity contribution < 1.29 is 14.3 Å². The molecule has 4 aromatic rings. The number of hydrogen-bond donors (Lipinski definition) is 1. The molecule has 10 heteroatoms. The molecule has 2 aromatic heterocycles. The van der Waals surface area contributed by atoms with Gasteiger partial charge in [0.05, 0.1) is 6.54 Å². The Hall–Kier alpha value is -3.89. The van der Waals surface area contributed by atoms with Gasteiger partial charge in [-0.05, 0) is 34.7 Å². The molecule has 0 aliphatic heterocycles. The molecule has 0 spiro atoms. The Bertz CT molecular complexity index is 1390. The van der Waals surface area contributed by atoms with Gasteiger partial charge in [-0.1, -0.05) is 68.8 Å². The Morgan fingerprint density at radius 2 is 1.70 bits per heavy atom. The van der Waals surface area contributed by atoms with Crippen LogP contribution >= 0.6 is 0 Å². The largest absolute Gasteiger partial charge is 0.350 e. The molecule has 0 fully saturated rings. The van der Waals surface area contributed by atoms with Gasteiger partial charge in [-0.3, -0.25) is 9.36 Å². The summed E-state index contributed by atoms with van der Waals surface area (Å²) in [6.07, 6.45) is 1.48. The summed E-state index contributed by atoms with van der Waals surface area (Å²) in [6.45, 7) is 4.27. The normalized spacial score (nSPS) is 11.4. The molecule has 2 aromatic carbocycles. The average Bonchev–Trinajstić information content (AvgIpc) is 3.54. The second kappa shape index (κ2) is 11.9. The first-order chi connectivity index (χ1) is 18.0. The van der Waals surface area contributed by atoms with Crippen LogP contribution in [0.1, 0.15) is 61.1 Å². The molecule has 0 saturated carbocycles. The number of benzene rings is 2. The summed E-state index contributed by atoms with van der Waals surface area (Å²) >= 11 is 0. The molecule has 0 aliphatic carbocycles. The maximum Gasteiger partial charge on any atom is 0.335 e. The third-order valence-corrected chi connectivity index (χ3v) is 6.26. The summed E-state index contributed by atoms with van der Waals surface area (Å²) in [5, 5.41) is 14.4. The highest BCUT2D eigenvalue weighted by Gasteiger charge is 2.29. The lowest BCUT2D eigenvalue weighted by molar-refractivity contribution is -0.110. The van der Waals surface area contributed by atoms with Gasteiger partial charge in [0.1, 0.15) is 5.69 Å². The van der Waals surface area contributed by atoms with Crippen LogP contribution in [0.2, 0.25) is 0 Å². The standard InChI is InChI=1S/C27H32N6O4/c1-5-9-22-24(26(36-3)37-4)33(23(34)10-6-2)27(35)32(22)17-18-13-15-19(16-14-18)20-11-7-8-12-21(20)25-28-30-31-29-25/h7-8,11-16,26H,5-6,9-10,17H2,1-4H3,(H,28,29,30,31). The van der Waals surface area contributed by atoms with Crippen molar-refractivity contribution in [3.63, 3.8) is 0 Å².